The predicted octanol–water partition coefficient (Wildman–Crippen LogP) is 4.64. The van der Waals surface area contributed by atoms with Gasteiger partial charge in [0.05, 0.1) is 0 Å². The number of nitrogens with one attached hydrogen (secondary N) is 2. The van der Waals surface area contributed by atoms with Crippen LogP contribution in [0.25, 0.3) is 11.1 Å². The Morgan fingerprint density at radius 3 is 2.20 bits per heavy atom. The highest BCUT2D eigenvalue weighted by Gasteiger charge is 2.29. The van der Waals surface area contributed by atoms with Gasteiger partial charge in [0.1, 0.15) is 6.61 Å². The molecule has 6 nitrogen and oxygen atoms in total. The Balaban J connectivity index is 1.30. The smallest absolute Gasteiger partial charge is 0.407 e. The lowest BCUT2D eigenvalue weighted by molar-refractivity contribution is 0.142. The number of piperazine rings is 1. The molecule has 0 spiro atoms. The van der Waals surface area contributed by atoms with Crippen molar-refractivity contribution in [2.75, 3.05) is 43.4 Å². The Kier molecular flexibility index (Phi) is 6.39. The first-order chi connectivity index (χ1) is 17.0. The summed E-state index contributed by atoms with van der Waals surface area (Å²) in [5, 5.41) is 6.39. The van der Waals surface area contributed by atoms with Crippen LogP contribution in [0.1, 0.15) is 39.3 Å². The first kappa shape index (κ1) is 23.2. The third-order valence-corrected chi connectivity index (χ3v) is 7.61. The molecular formula is C29H34N4O2. The molecule has 1 aliphatic carbocycles. The van der Waals surface area contributed by atoms with Gasteiger partial charge < -0.3 is 26.0 Å². The number of amides is 1. The van der Waals surface area contributed by atoms with E-state index >= 15 is 0 Å². The summed E-state index contributed by atoms with van der Waals surface area (Å²) in [4.78, 5) is 15.2. The van der Waals surface area contributed by atoms with E-state index in [1.165, 1.54) is 33.5 Å². The van der Waals surface area contributed by atoms with Gasteiger partial charge in [0.15, 0.2) is 0 Å². The maximum absolute atomic E-state index is 12.8. The molecule has 1 aliphatic heterocycles. The monoisotopic (exact) mass is 470 g/mol. The van der Waals surface area contributed by atoms with E-state index in [1.807, 2.05) is 19.1 Å². The number of alkyl carbamates (subject to hydrolysis) is 1. The SMILES string of the molecule is Cc1c(N)c(C)c(N2CCNCC2)c(C)c1CNC(=O)OCC1c2ccccc2-c2ccccc21. The van der Waals surface area contributed by atoms with Gasteiger partial charge in [-0.1, -0.05) is 48.5 Å². The van der Waals surface area contributed by atoms with Crippen molar-refractivity contribution < 1.29 is 9.53 Å². The van der Waals surface area contributed by atoms with Crippen LogP contribution < -0.4 is 21.3 Å². The lowest BCUT2D eigenvalue weighted by Crippen LogP contribution is -2.44. The lowest BCUT2D eigenvalue weighted by atomic mass is 9.94. The normalized spacial score (nSPS) is 15.0. The van der Waals surface area contributed by atoms with Crippen molar-refractivity contribution in [3.05, 3.63) is 81.9 Å². The van der Waals surface area contributed by atoms with Gasteiger partial charge in [0, 0.05) is 50.0 Å². The van der Waals surface area contributed by atoms with E-state index in [2.05, 4.69) is 65.8 Å². The largest absolute Gasteiger partial charge is 0.449 e. The molecule has 1 fully saturated rings. The van der Waals surface area contributed by atoms with Gasteiger partial charge in [0.2, 0.25) is 0 Å². The van der Waals surface area contributed by atoms with Crippen LogP contribution >= 0.6 is 0 Å². The van der Waals surface area contributed by atoms with Crippen molar-refractivity contribution in [2.45, 2.75) is 33.2 Å². The fraction of sp³-hybridized carbons (Fsp3) is 0.345. The third kappa shape index (κ3) is 4.23. The molecule has 35 heavy (non-hydrogen) atoms. The highest BCUT2D eigenvalue weighted by atomic mass is 16.5. The number of ether oxygens (including phenoxy) is 1. The molecule has 5 rings (SSSR count). The molecule has 3 aromatic carbocycles. The number of benzene rings is 3. The number of hydrogen-bond donors (Lipinski definition) is 3. The molecule has 4 N–H and O–H groups in total. The fourth-order valence-electron chi connectivity index (χ4n) is 5.71. The molecule has 2 aliphatic rings. The van der Waals surface area contributed by atoms with E-state index < -0.39 is 6.09 Å². The van der Waals surface area contributed by atoms with Crippen molar-refractivity contribution in [3.63, 3.8) is 0 Å². The van der Waals surface area contributed by atoms with Crippen LogP contribution in [0.4, 0.5) is 16.2 Å². The number of rotatable bonds is 5. The Morgan fingerprint density at radius 1 is 0.971 bits per heavy atom. The number of nitrogen functional groups attached to an aromatic ring is 1. The summed E-state index contributed by atoms with van der Waals surface area (Å²) < 4.78 is 5.74. The van der Waals surface area contributed by atoms with Crippen molar-refractivity contribution in [2.24, 2.45) is 0 Å². The van der Waals surface area contributed by atoms with Crippen molar-refractivity contribution in [3.8, 4) is 11.1 Å². The van der Waals surface area contributed by atoms with Crippen LogP contribution in [0.3, 0.4) is 0 Å². The molecule has 3 aromatic rings. The predicted molar refractivity (Wildman–Crippen MR) is 142 cm³/mol. The van der Waals surface area contributed by atoms with Crippen LogP contribution in [0.5, 0.6) is 0 Å². The third-order valence-electron chi connectivity index (χ3n) is 7.61. The lowest BCUT2D eigenvalue weighted by Gasteiger charge is -2.34. The van der Waals surface area contributed by atoms with Crippen LogP contribution in [-0.4, -0.2) is 38.9 Å². The van der Waals surface area contributed by atoms with Gasteiger partial charge in [-0.15, -0.1) is 0 Å². The zero-order chi connectivity index (χ0) is 24.5. The quantitative estimate of drug-likeness (QED) is 0.474. The summed E-state index contributed by atoms with van der Waals surface area (Å²) in [6, 6.07) is 16.7. The molecule has 1 heterocycles. The minimum Gasteiger partial charge on any atom is -0.449 e. The molecule has 1 saturated heterocycles. The zero-order valence-electron chi connectivity index (χ0n) is 20.8. The molecule has 182 valence electrons. The van der Waals surface area contributed by atoms with Gasteiger partial charge in [-0.3, -0.25) is 0 Å². The van der Waals surface area contributed by atoms with Gasteiger partial charge in [-0.25, -0.2) is 4.79 Å². The first-order valence-electron chi connectivity index (χ1n) is 12.4. The van der Waals surface area contributed by atoms with E-state index in [0.717, 1.165) is 48.6 Å². The molecule has 0 unspecified atom stereocenters. The number of carbonyl (C=O) groups is 1. The highest BCUT2D eigenvalue weighted by Crippen LogP contribution is 2.44. The summed E-state index contributed by atoms with van der Waals surface area (Å²) in [5.41, 5.74) is 17.7. The summed E-state index contributed by atoms with van der Waals surface area (Å²) >= 11 is 0. The minimum absolute atomic E-state index is 0.0472. The topological polar surface area (TPSA) is 79.6 Å². The highest BCUT2D eigenvalue weighted by molar-refractivity contribution is 5.79. The van der Waals surface area contributed by atoms with Crippen LogP contribution in [0.2, 0.25) is 0 Å². The van der Waals surface area contributed by atoms with Gasteiger partial charge in [-0.2, -0.15) is 0 Å². The van der Waals surface area contributed by atoms with Crippen LogP contribution in [0, 0.1) is 20.8 Å². The number of anilines is 2. The first-order valence-corrected chi connectivity index (χ1v) is 12.4. The average Bonchev–Trinajstić information content (AvgIpc) is 3.20. The van der Waals surface area contributed by atoms with E-state index in [0.29, 0.717) is 13.2 Å². The molecule has 1 amide bonds. The molecule has 0 bridgehead atoms. The number of carbonyl (C=O) groups excluding carboxylic acids is 1. The number of fused-ring (bicyclic) bond motifs is 3. The second-order valence-electron chi connectivity index (χ2n) is 9.53. The Labute approximate surface area is 207 Å². The standard InChI is InChI=1S/C29H34N4O2/c1-18-25(19(2)28(20(3)27(18)30)33-14-12-31-13-15-33)16-32-29(34)35-17-26-23-10-6-4-8-21(23)22-9-5-7-11-24(22)26/h4-11,26,31H,12-17,30H2,1-3H3,(H,32,34). The fourth-order valence-corrected chi connectivity index (χ4v) is 5.71. The van der Waals surface area contributed by atoms with Crippen molar-refractivity contribution in [1.82, 2.24) is 10.6 Å². The number of nitrogens with zero attached hydrogens (tertiary/aromatic N) is 1. The van der Waals surface area contributed by atoms with E-state index in [1.54, 1.807) is 0 Å². The summed E-state index contributed by atoms with van der Waals surface area (Å²) in [6.07, 6.45) is -0.409. The molecule has 0 radical (unpaired) electrons. The molecule has 0 atom stereocenters. The van der Waals surface area contributed by atoms with Gasteiger partial charge >= 0.3 is 6.09 Å². The van der Waals surface area contributed by atoms with Crippen molar-refractivity contribution in [1.29, 1.82) is 0 Å². The molecule has 0 saturated carbocycles. The molecule has 0 aromatic heterocycles. The second-order valence-corrected chi connectivity index (χ2v) is 9.53. The number of nitrogens with two attached hydrogens (primary N) is 1. The zero-order valence-corrected chi connectivity index (χ0v) is 20.8. The van der Waals surface area contributed by atoms with Crippen molar-refractivity contribution >= 4 is 17.5 Å². The number of hydrogen-bond acceptors (Lipinski definition) is 5. The Morgan fingerprint density at radius 2 is 1.57 bits per heavy atom. The Hall–Kier alpha value is -3.51. The average molecular weight is 471 g/mol. The maximum Gasteiger partial charge on any atom is 0.407 e. The maximum atomic E-state index is 12.8. The summed E-state index contributed by atoms with van der Waals surface area (Å²) in [5.74, 6) is 0.0472. The summed E-state index contributed by atoms with van der Waals surface area (Å²) in [7, 11) is 0. The summed E-state index contributed by atoms with van der Waals surface area (Å²) in [6.45, 7) is 10.8. The second kappa shape index (κ2) is 9.62. The van der Waals surface area contributed by atoms with E-state index in [-0.39, 0.29) is 5.92 Å². The Bertz CT molecular complexity index is 1220. The van der Waals surface area contributed by atoms with E-state index in [9.17, 15) is 4.79 Å². The van der Waals surface area contributed by atoms with Gasteiger partial charge in [0.25, 0.3) is 0 Å². The minimum atomic E-state index is -0.409. The molecule has 6 heteroatoms. The van der Waals surface area contributed by atoms with Gasteiger partial charge in [-0.05, 0) is 65.3 Å². The molecular weight excluding hydrogens is 436 g/mol. The van der Waals surface area contributed by atoms with E-state index in [4.69, 9.17) is 10.5 Å². The van der Waals surface area contributed by atoms with Crippen LogP contribution in [0.15, 0.2) is 48.5 Å². The van der Waals surface area contributed by atoms with Crippen LogP contribution in [-0.2, 0) is 11.3 Å².